The highest BCUT2D eigenvalue weighted by Gasteiger charge is 2.19. The molecular formula is C11H16N2O3. The fraction of sp³-hybridized carbons (Fsp3) is 0.455. The highest BCUT2D eigenvalue weighted by molar-refractivity contribution is 5.55. The summed E-state index contributed by atoms with van der Waals surface area (Å²) in [5, 5.41) is 20.7. The van der Waals surface area contributed by atoms with E-state index in [1.807, 2.05) is 0 Å². The van der Waals surface area contributed by atoms with E-state index in [0.717, 1.165) is 0 Å². The van der Waals surface area contributed by atoms with E-state index in [4.69, 9.17) is 5.73 Å². The Morgan fingerprint density at radius 3 is 2.62 bits per heavy atom. The predicted octanol–water partition coefficient (Wildman–Crippen LogP) is 1.81. The molecular weight excluding hydrogens is 208 g/mol. The van der Waals surface area contributed by atoms with Gasteiger partial charge in [0.15, 0.2) is 0 Å². The van der Waals surface area contributed by atoms with Crippen LogP contribution in [0.5, 0.6) is 5.75 Å². The van der Waals surface area contributed by atoms with Crippen molar-refractivity contribution in [2.24, 2.45) is 5.73 Å². The molecule has 3 N–H and O–H groups in total. The second-order valence-corrected chi connectivity index (χ2v) is 3.81. The minimum Gasteiger partial charge on any atom is -0.507 e. The van der Waals surface area contributed by atoms with Crippen molar-refractivity contribution in [1.29, 1.82) is 0 Å². The van der Waals surface area contributed by atoms with Gasteiger partial charge < -0.3 is 10.8 Å². The van der Waals surface area contributed by atoms with E-state index in [9.17, 15) is 15.2 Å². The lowest BCUT2D eigenvalue weighted by Gasteiger charge is -2.10. The van der Waals surface area contributed by atoms with Gasteiger partial charge in [-0.25, -0.2) is 0 Å². The Balaban J connectivity index is 3.28. The van der Waals surface area contributed by atoms with Gasteiger partial charge in [-0.2, -0.15) is 0 Å². The maximum Gasteiger partial charge on any atom is 0.273 e. The van der Waals surface area contributed by atoms with E-state index in [2.05, 4.69) is 0 Å². The van der Waals surface area contributed by atoms with Gasteiger partial charge in [-0.3, -0.25) is 10.1 Å². The van der Waals surface area contributed by atoms with Crippen LogP contribution in [0.2, 0.25) is 0 Å². The lowest BCUT2D eigenvalue weighted by molar-refractivity contribution is -0.385. The van der Waals surface area contributed by atoms with E-state index in [1.54, 1.807) is 13.8 Å². The number of nitro benzene ring substituents is 1. The van der Waals surface area contributed by atoms with Crippen molar-refractivity contribution in [1.82, 2.24) is 0 Å². The third kappa shape index (κ3) is 2.30. The summed E-state index contributed by atoms with van der Waals surface area (Å²) in [5.41, 5.74) is 7.15. The lowest BCUT2D eigenvalue weighted by atomic mass is 9.98. The molecule has 0 fully saturated rings. The Morgan fingerprint density at radius 1 is 1.50 bits per heavy atom. The zero-order valence-electron chi connectivity index (χ0n) is 9.49. The first-order valence-electron chi connectivity index (χ1n) is 5.15. The highest BCUT2D eigenvalue weighted by Crippen LogP contribution is 2.33. The van der Waals surface area contributed by atoms with Gasteiger partial charge in [0.2, 0.25) is 0 Å². The van der Waals surface area contributed by atoms with E-state index in [1.165, 1.54) is 6.07 Å². The molecule has 0 saturated heterocycles. The molecule has 5 heteroatoms. The van der Waals surface area contributed by atoms with E-state index >= 15 is 0 Å². The SMILES string of the molecule is Cc1cc([N+](=O)[O-])c(C)c(CCCN)c1O. The molecule has 0 unspecified atom stereocenters. The molecule has 0 spiro atoms. The molecule has 16 heavy (non-hydrogen) atoms. The number of nitrogens with zero attached hydrogens (tertiary/aromatic N) is 1. The first-order chi connectivity index (χ1) is 7.49. The van der Waals surface area contributed by atoms with Gasteiger partial charge in [-0.1, -0.05) is 0 Å². The zero-order chi connectivity index (χ0) is 12.3. The Kier molecular flexibility index (Phi) is 3.84. The van der Waals surface area contributed by atoms with Crippen molar-refractivity contribution >= 4 is 5.69 Å². The summed E-state index contributed by atoms with van der Waals surface area (Å²) in [5.74, 6) is 0.150. The summed E-state index contributed by atoms with van der Waals surface area (Å²) in [4.78, 5) is 10.4. The van der Waals surface area contributed by atoms with E-state index < -0.39 is 4.92 Å². The van der Waals surface area contributed by atoms with Gasteiger partial charge in [-0.15, -0.1) is 0 Å². The van der Waals surface area contributed by atoms with Crippen LogP contribution >= 0.6 is 0 Å². The van der Waals surface area contributed by atoms with Crippen molar-refractivity contribution < 1.29 is 10.0 Å². The van der Waals surface area contributed by atoms with Gasteiger partial charge in [-0.05, 0) is 38.8 Å². The smallest absolute Gasteiger partial charge is 0.273 e. The molecule has 0 atom stereocenters. The van der Waals surface area contributed by atoms with Gasteiger partial charge in [0, 0.05) is 17.2 Å². The standard InChI is InChI=1S/C11H16N2O3/c1-7-6-10(13(15)16)8(2)9(11(7)14)4-3-5-12/h6,14H,3-5,12H2,1-2H3. The molecule has 0 bridgehead atoms. The topological polar surface area (TPSA) is 89.4 Å². The Morgan fingerprint density at radius 2 is 2.12 bits per heavy atom. The molecule has 5 nitrogen and oxygen atoms in total. The van der Waals surface area contributed by atoms with E-state index in [-0.39, 0.29) is 11.4 Å². The molecule has 0 saturated carbocycles. The number of hydrogen-bond donors (Lipinski definition) is 2. The zero-order valence-corrected chi connectivity index (χ0v) is 9.49. The summed E-state index contributed by atoms with van der Waals surface area (Å²) in [6.45, 7) is 3.82. The van der Waals surface area contributed by atoms with Crippen LogP contribution in [0.1, 0.15) is 23.1 Å². The van der Waals surface area contributed by atoms with Crippen molar-refractivity contribution in [2.75, 3.05) is 6.54 Å². The molecule has 1 aromatic rings. The van der Waals surface area contributed by atoms with Crippen LogP contribution in [0.3, 0.4) is 0 Å². The maximum atomic E-state index is 10.8. The van der Waals surface area contributed by atoms with E-state index in [0.29, 0.717) is 36.1 Å². The molecule has 0 aliphatic heterocycles. The largest absolute Gasteiger partial charge is 0.507 e. The molecule has 1 rings (SSSR count). The van der Waals surface area contributed by atoms with Crippen LogP contribution in [0, 0.1) is 24.0 Å². The first kappa shape index (κ1) is 12.4. The normalized spacial score (nSPS) is 10.4. The number of rotatable bonds is 4. The lowest BCUT2D eigenvalue weighted by Crippen LogP contribution is -2.04. The van der Waals surface area contributed by atoms with Crippen molar-refractivity contribution in [3.05, 3.63) is 32.9 Å². The van der Waals surface area contributed by atoms with Crippen LogP contribution in [0.25, 0.3) is 0 Å². The number of hydrogen-bond acceptors (Lipinski definition) is 4. The molecule has 0 aromatic heterocycles. The van der Waals surface area contributed by atoms with Crippen LogP contribution in [0.4, 0.5) is 5.69 Å². The molecule has 0 radical (unpaired) electrons. The molecule has 0 heterocycles. The van der Waals surface area contributed by atoms with Crippen molar-refractivity contribution in [2.45, 2.75) is 26.7 Å². The summed E-state index contributed by atoms with van der Waals surface area (Å²) >= 11 is 0. The maximum absolute atomic E-state index is 10.8. The van der Waals surface area contributed by atoms with Crippen LogP contribution in [-0.2, 0) is 6.42 Å². The Labute approximate surface area is 94.0 Å². The number of benzene rings is 1. The average molecular weight is 224 g/mol. The summed E-state index contributed by atoms with van der Waals surface area (Å²) in [7, 11) is 0. The molecule has 1 aromatic carbocycles. The fourth-order valence-corrected chi connectivity index (χ4v) is 1.73. The monoisotopic (exact) mass is 224 g/mol. The predicted molar refractivity (Wildman–Crippen MR) is 61.6 cm³/mol. The number of phenolic OH excluding ortho intramolecular Hbond substituents is 1. The Bertz CT molecular complexity index is 416. The number of nitrogens with two attached hydrogens (primary N) is 1. The summed E-state index contributed by atoms with van der Waals surface area (Å²) in [6, 6.07) is 1.40. The molecule has 0 aliphatic rings. The van der Waals surface area contributed by atoms with Gasteiger partial charge in [0.25, 0.3) is 5.69 Å². The Hall–Kier alpha value is -1.62. The van der Waals surface area contributed by atoms with Crippen molar-refractivity contribution in [3.63, 3.8) is 0 Å². The average Bonchev–Trinajstić information content (AvgIpc) is 2.23. The minimum absolute atomic E-state index is 0.0577. The molecule has 0 aliphatic carbocycles. The van der Waals surface area contributed by atoms with Gasteiger partial charge in [0.05, 0.1) is 4.92 Å². The first-order valence-corrected chi connectivity index (χ1v) is 5.15. The molecule has 88 valence electrons. The number of phenols is 1. The number of aryl methyl sites for hydroxylation is 1. The van der Waals surface area contributed by atoms with Gasteiger partial charge >= 0.3 is 0 Å². The quantitative estimate of drug-likeness (QED) is 0.602. The number of aromatic hydroxyl groups is 1. The third-order valence-corrected chi connectivity index (χ3v) is 2.68. The van der Waals surface area contributed by atoms with Gasteiger partial charge in [0.1, 0.15) is 5.75 Å². The summed E-state index contributed by atoms with van der Waals surface area (Å²) in [6.07, 6.45) is 1.27. The number of nitro groups is 1. The fourth-order valence-electron chi connectivity index (χ4n) is 1.73. The van der Waals surface area contributed by atoms with Crippen LogP contribution in [0.15, 0.2) is 6.07 Å². The second kappa shape index (κ2) is 4.94. The molecule has 0 amide bonds. The second-order valence-electron chi connectivity index (χ2n) is 3.81. The van der Waals surface area contributed by atoms with Crippen LogP contribution in [-0.4, -0.2) is 16.6 Å². The van der Waals surface area contributed by atoms with Crippen LogP contribution < -0.4 is 5.73 Å². The summed E-state index contributed by atoms with van der Waals surface area (Å²) < 4.78 is 0. The third-order valence-electron chi connectivity index (χ3n) is 2.68. The van der Waals surface area contributed by atoms with Crippen molar-refractivity contribution in [3.8, 4) is 5.75 Å². The highest BCUT2D eigenvalue weighted by atomic mass is 16.6. The minimum atomic E-state index is -0.423.